The first-order valence-electron chi connectivity index (χ1n) is 12.0. The van der Waals surface area contributed by atoms with Crippen LogP contribution in [0.2, 0.25) is 0 Å². The summed E-state index contributed by atoms with van der Waals surface area (Å²) in [6.45, 7) is 0. The van der Waals surface area contributed by atoms with Gasteiger partial charge in [0.2, 0.25) is 0 Å². The molecule has 0 saturated carbocycles. The van der Waals surface area contributed by atoms with E-state index in [4.69, 9.17) is 15.7 Å². The molecule has 0 saturated heterocycles. The van der Waals surface area contributed by atoms with Crippen LogP contribution in [0.25, 0.3) is 22.6 Å². The Morgan fingerprint density at radius 1 is 0.800 bits per heavy atom. The number of hydrogen-bond donors (Lipinski definition) is 5. The highest BCUT2D eigenvalue weighted by Gasteiger charge is 2.36. The number of hydrogen-bond acceptors (Lipinski definition) is 8. The summed E-state index contributed by atoms with van der Waals surface area (Å²) >= 11 is 0. The molecule has 45 heavy (non-hydrogen) atoms. The van der Waals surface area contributed by atoms with Crippen molar-refractivity contribution < 1.29 is 56.0 Å². The Labute approximate surface area is 246 Å². The second-order valence-corrected chi connectivity index (χ2v) is 9.03. The molecule has 0 aliphatic rings. The molecule has 12 nitrogen and oxygen atoms in total. The number of carbonyl (C=O) groups is 3. The van der Waals surface area contributed by atoms with Crippen LogP contribution in [0.5, 0.6) is 0 Å². The summed E-state index contributed by atoms with van der Waals surface area (Å²) in [4.78, 5) is 34.3. The summed E-state index contributed by atoms with van der Waals surface area (Å²) in [5, 5.41) is 41.1. The number of rotatable bonds is 9. The number of aromatic nitrogens is 3. The standard InChI is InChI=1S/C27H16F6N6O6/c28-26(29,30)19-8-15(1-3-17(19)24(42)43)35-10-21(36-34)12-5-13(7-14(6-12)23(40)41)22-11-39(38-37-22)16-2-4-18(25(44)45)20(9-16)27(31,32)33/h1-11,34-35H,(H,40,41)(H,42,43)(H,44,45)/b21-10-,36-34?. The van der Waals surface area contributed by atoms with Gasteiger partial charge in [0, 0.05) is 23.0 Å². The minimum atomic E-state index is -5.01. The van der Waals surface area contributed by atoms with Gasteiger partial charge in [-0.25, -0.2) is 24.6 Å². The summed E-state index contributed by atoms with van der Waals surface area (Å²) in [5.74, 6) is -5.05. The molecule has 0 fully saturated rings. The van der Waals surface area contributed by atoms with Gasteiger partial charge in [-0.2, -0.15) is 31.5 Å². The molecular formula is C27H16F6N6O6. The lowest BCUT2D eigenvalue weighted by Crippen LogP contribution is -2.14. The highest BCUT2D eigenvalue weighted by atomic mass is 19.4. The van der Waals surface area contributed by atoms with Crippen LogP contribution in [0.4, 0.5) is 32.0 Å². The van der Waals surface area contributed by atoms with Gasteiger partial charge in [-0.1, -0.05) is 5.21 Å². The topological polar surface area (TPSA) is 191 Å². The molecule has 0 atom stereocenters. The van der Waals surface area contributed by atoms with Crippen LogP contribution < -0.4 is 5.32 Å². The van der Waals surface area contributed by atoms with Crippen LogP contribution in [0.3, 0.4) is 0 Å². The van der Waals surface area contributed by atoms with E-state index in [1.165, 1.54) is 6.07 Å². The van der Waals surface area contributed by atoms with Crippen LogP contribution >= 0.6 is 0 Å². The first kappa shape index (κ1) is 31.9. The van der Waals surface area contributed by atoms with Crippen molar-refractivity contribution in [3.05, 3.63) is 100 Å². The predicted molar refractivity (Wildman–Crippen MR) is 141 cm³/mol. The van der Waals surface area contributed by atoms with Crippen LogP contribution in [0.15, 0.2) is 72.1 Å². The van der Waals surface area contributed by atoms with E-state index >= 15 is 0 Å². The molecule has 3 aromatic carbocycles. The summed E-state index contributed by atoms with van der Waals surface area (Å²) in [7, 11) is 0. The van der Waals surface area contributed by atoms with Crippen molar-refractivity contribution >= 4 is 29.3 Å². The smallest absolute Gasteiger partial charge is 0.417 e. The Morgan fingerprint density at radius 3 is 1.93 bits per heavy atom. The fourth-order valence-electron chi connectivity index (χ4n) is 4.05. The lowest BCUT2D eigenvalue weighted by atomic mass is 10.0. The Balaban J connectivity index is 1.73. The molecule has 0 unspecified atom stereocenters. The second-order valence-electron chi connectivity index (χ2n) is 9.03. The van der Waals surface area contributed by atoms with Gasteiger partial charge in [-0.15, -0.1) is 5.10 Å². The van der Waals surface area contributed by atoms with Gasteiger partial charge in [0.05, 0.1) is 39.7 Å². The molecule has 1 aromatic heterocycles. The fraction of sp³-hybridized carbons (Fsp3) is 0.0741. The van der Waals surface area contributed by atoms with E-state index < -0.39 is 52.5 Å². The average Bonchev–Trinajstić information content (AvgIpc) is 3.46. The Morgan fingerprint density at radius 2 is 1.38 bits per heavy atom. The molecular weight excluding hydrogens is 618 g/mol. The third-order valence-corrected chi connectivity index (χ3v) is 6.12. The van der Waals surface area contributed by atoms with Gasteiger partial charge >= 0.3 is 30.3 Å². The minimum Gasteiger partial charge on any atom is -0.478 e. The number of halogens is 6. The highest BCUT2D eigenvalue weighted by Crippen LogP contribution is 2.35. The molecule has 1 heterocycles. The van der Waals surface area contributed by atoms with Crippen LogP contribution in [-0.4, -0.2) is 48.2 Å². The van der Waals surface area contributed by atoms with Gasteiger partial charge in [0.25, 0.3) is 0 Å². The van der Waals surface area contributed by atoms with Gasteiger partial charge < -0.3 is 20.6 Å². The molecule has 0 aliphatic heterocycles. The van der Waals surface area contributed by atoms with Crippen molar-refractivity contribution in [2.24, 2.45) is 5.11 Å². The molecule has 232 valence electrons. The van der Waals surface area contributed by atoms with E-state index in [1.807, 2.05) is 0 Å². The van der Waals surface area contributed by atoms with E-state index in [1.54, 1.807) is 0 Å². The summed E-state index contributed by atoms with van der Waals surface area (Å²) < 4.78 is 81.4. The molecule has 18 heteroatoms. The average molecular weight is 634 g/mol. The van der Waals surface area contributed by atoms with E-state index in [0.717, 1.165) is 53.5 Å². The van der Waals surface area contributed by atoms with E-state index in [-0.39, 0.29) is 39.5 Å². The monoisotopic (exact) mass is 634 g/mol. The Kier molecular flexibility index (Phi) is 8.42. The summed E-state index contributed by atoms with van der Waals surface area (Å²) in [6, 6.07) is 8.08. The zero-order chi connectivity index (χ0) is 33.3. The largest absolute Gasteiger partial charge is 0.478 e. The van der Waals surface area contributed by atoms with Crippen molar-refractivity contribution in [3.63, 3.8) is 0 Å². The van der Waals surface area contributed by atoms with E-state index in [0.29, 0.717) is 12.1 Å². The van der Waals surface area contributed by atoms with E-state index in [9.17, 15) is 45.8 Å². The minimum absolute atomic E-state index is 0.0362. The van der Waals surface area contributed by atoms with Gasteiger partial charge in [-0.05, 0) is 54.6 Å². The zero-order valence-corrected chi connectivity index (χ0v) is 22.0. The summed E-state index contributed by atoms with van der Waals surface area (Å²) in [6.07, 6.45) is -7.93. The first-order valence-corrected chi connectivity index (χ1v) is 12.0. The van der Waals surface area contributed by atoms with Crippen molar-refractivity contribution in [3.8, 4) is 16.9 Å². The maximum absolute atomic E-state index is 13.5. The van der Waals surface area contributed by atoms with Gasteiger partial charge in [0.1, 0.15) is 11.4 Å². The van der Waals surface area contributed by atoms with E-state index in [2.05, 4.69) is 20.7 Å². The quantitative estimate of drug-likeness (QED) is 0.101. The van der Waals surface area contributed by atoms with Crippen molar-refractivity contribution in [2.75, 3.05) is 5.32 Å². The Bertz CT molecular complexity index is 1880. The third kappa shape index (κ3) is 6.95. The predicted octanol–water partition coefficient (Wildman–Crippen LogP) is 6.51. The lowest BCUT2D eigenvalue weighted by Gasteiger charge is -2.12. The molecule has 0 spiro atoms. The molecule has 5 N–H and O–H groups in total. The molecule has 4 rings (SSSR count). The lowest BCUT2D eigenvalue weighted by molar-refractivity contribution is -0.138. The van der Waals surface area contributed by atoms with Crippen LogP contribution in [0, 0.1) is 5.53 Å². The first-order chi connectivity index (χ1) is 21.0. The number of benzene rings is 3. The molecule has 0 aliphatic carbocycles. The maximum atomic E-state index is 13.5. The van der Waals surface area contributed by atoms with Crippen molar-refractivity contribution in [1.29, 1.82) is 5.53 Å². The van der Waals surface area contributed by atoms with Gasteiger partial charge in [-0.3, -0.25) is 0 Å². The number of carboxylic acids is 3. The molecule has 4 aromatic rings. The number of alkyl halides is 6. The van der Waals surface area contributed by atoms with Crippen LogP contribution in [-0.2, 0) is 12.4 Å². The van der Waals surface area contributed by atoms with Crippen molar-refractivity contribution in [1.82, 2.24) is 15.0 Å². The normalized spacial score (nSPS) is 12.1. The molecule has 0 radical (unpaired) electrons. The fourth-order valence-corrected chi connectivity index (χ4v) is 4.05. The highest BCUT2D eigenvalue weighted by molar-refractivity contribution is 5.92. The number of aromatic carboxylic acids is 3. The molecule has 0 bridgehead atoms. The summed E-state index contributed by atoms with van der Waals surface area (Å²) in [5.41, 5.74) is 1.45. The Hall–Kier alpha value is -6.07. The SMILES string of the molecule is N=N/C(=C\Nc1ccc(C(=O)O)c(C(F)(F)F)c1)c1cc(C(=O)O)cc(-c2cn(-c3ccc(C(=O)O)c(C(F)(F)F)c3)nn2)c1. The zero-order valence-electron chi connectivity index (χ0n) is 22.0. The van der Waals surface area contributed by atoms with Crippen LogP contribution in [0.1, 0.15) is 47.8 Å². The number of nitrogens with zero attached hydrogens (tertiary/aromatic N) is 4. The number of carboxylic acid groups (broad SMARTS) is 3. The maximum Gasteiger partial charge on any atom is 0.417 e. The van der Waals surface area contributed by atoms with Gasteiger partial charge in [0.15, 0.2) is 0 Å². The van der Waals surface area contributed by atoms with Crippen molar-refractivity contribution in [2.45, 2.75) is 12.4 Å². The number of nitrogens with one attached hydrogen (secondary N) is 2. The number of anilines is 1. The second kappa shape index (κ2) is 11.9. The third-order valence-electron chi connectivity index (χ3n) is 6.12. The molecule has 0 amide bonds.